The summed E-state index contributed by atoms with van der Waals surface area (Å²) >= 11 is 7.27. The van der Waals surface area contributed by atoms with E-state index in [2.05, 4.69) is 0 Å². The van der Waals surface area contributed by atoms with Crippen LogP contribution in [0.1, 0.15) is 24.3 Å². The van der Waals surface area contributed by atoms with E-state index < -0.39 is 0 Å². The maximum atomic E-state index is 11.5. The second-order valence-corrected chi connectivity index (χ2v) is 5.30. The molecule has 1 atom stereocenters. The molecule has 0 N–H and O–H groups in total. The Balaban J connectivity index is 2.18. The first-order valence-electron chi connectivity index (χ1n) is 4.64. The lowest BCUT2D eigenvalue weighted by molar-refractivity contribution is -0.129. The number of halogens is 1. The van der Waals surface area contributed by atoms with E-state index in [1.807, 2.05) is 13.0 Å². The first-order valence-corrected chi connectivity index (χ1v) is 5.84. The molecule has 1 aromatic rings. The minimum Gasteiger partial charge on any atom is -0.327 e. The maximum Gasteiger partial charge on any atom is 0.231 e. The molecule has 15 heavy (non-hydrogen) atoms. The number of hydrogen-bond donors (Lipinski definition) is 0. The van der Waals surface area contributed by atoms with Crippen molar-refractivity contribution < 1.29 is 9.59 Å². The summed E-state index contributed by atoms with van der Waals surface area (Å²) in [7, 11) is 0. The number of amides is 1. The second kappa shape index (κ2) is 3.94. The molecule has 1 amide bonds. The third-order valence-corrected chi connectivity index (χ3v) is 3.89. The van der Waals surface area contributed by atoms with Crippen molar-refractivity contribution in [3.05, 3.63) is 21.3 Å². The molecule has 1 unspecified atom stereocenters. The van der Waals surface area contributed by atoms with Gasteiger partial charge in [-0.15, -0.1) is 11.3 Å². The molecule has 0 saturated carbocycles. The van der Waals surface area contributed by atoms with Gasteiger partial charge >= 0.3 is 0 Å². The molecule has 0 aliphatic carbocycles. The molecule has 1 aromatic heterocycles. The fourth-order valence-electron chi connectivity index (χ4n) is 1.66. The van der Waals surface area contributed by atoms with E-state index in [9.17, 15) is 9.59 Å². The van der Waals surface area contributed by atoms with Crippen LogP contribution in [-0.4, -0.2) is 23.1 Å². The van der Waals surface area contributed by atoms with Gasteiger partial charge in [0, 0.05) is 4.88 Å². The van der Waals surface area contributed by atoms with Gasteiger partial charge in [0.05, 0.1) is 23.3 Å². The molecule has 80 valence electrons. The van der Waals surface area contributed by atoms with E-state index >= 15 is 0 Å². The lowest BCUT2D eigenvalue weighted by Crippen LogP contribution is -2.27. The average Bonchev–Trinajstić information content (AvgIpc) is 2.71. The number of carbonyl (C=O) groups is 2. The summed E-state index contributed by atoms with van der Waals surface area (Å²) < 4.78 is 0.704. The summed E-state index contributed by atoms with van der Waals surface area (Å²) in [5.74, 6) is -0.0912. The molecule has 3 nitrogen and oxygen atoms in total. The number of Topliss-reactive ketones (excluding diaryl/α,β-unsaturated/α-hetero) is 1. The molecule has 1 saturated heterocycles. The fraction of sp³-hybridized carbons (Fsp3) is 0.400. The summed E-state index contributed by atoms with van der Waals surface area (Å²) in [6, 6.07) is 3.65. The van der Waals surface area contributed by atoms with Crippen molar-refractivity contribution >= 4 is 34.6 Å². The zero-order valence-electron chi connectivity index (χ0n) is 8.20. The standard InChI is InChI=1S/C10H10ClNO2S/c1-6(8-2-3-9(11)15-8)12-5-7(13)4-10(12)14/h2-3,6H,4-5H2,1H3. The monoisotopic (exact) mass is 243 g/mol. The van der Waals surface area contributed by atoms with Gasteiger partial charge in [0.25, 0.3) is 0 Å². The quantitative estimate of drug-likeness (QED) is 0.748. The molecular weight excluding hydrogens is 234 g/mol. The van der Waals surface area contributed by atoms with Crippen LogP contribution in [-0.2, 0) is 9.59 Å². The number of likely N-dealkylation sites (tertiary alicyclic amines) is 1. The number of carbonyl (C=O) groups excluding carboxylic acids is 2. The van der Waals surface area contributed by atoms with Crippen LogP contribution in [0, 0.1) is 0 Å². The zero-order chi connectivity index (χ0) is 11.0. The van der Waals surface area contributed by atoms with Crippen LogP contribution in [0.4, 0.5) is 0 Å². The van der Waals surface area contributed by atoms with Gasteiger partial charge in [0.1, 0.15) is 0 Å². The Hall–Kier alpha value is -0.870. The molecule has 2 rings (SSSR count). The Bertz CT molecular complexity index is 415. The highest BCUT2D eigenvalue weighted by molar-refractivity contribution is 7.16. The number of nitrogens with zero attached hydrogens (tertiary/aromatic N) is 1. The molecule has 1 aliphatic rings. The molecule has 0 bridgehead atoms. The van der Waals surface area contributed by atoms with E-state index in [1.165, 1.54) is 11.3 Å². The average molecular weight is 244 g/mol. The fourth-order valence-corrected chi connectivity index (χ4v) is 2.79. The van der Waals surface area contributed by atoms with Crippen molar-refractivity contribution in [3.63, 3.8) is 0 Å². The normalized spacial score (nSPS) is 18.7. The van der Waals surface area contributed by atoms with Crippen LogP contribution in [0.3, 0.4) is 0 Å². The van der Waals surface area contributed by atoms with Crippen LogP contribution in [0.15, 0.2) is 12.1 Å². The van der Waals surface area contributed by atoms with Crippen LogP contribution in [0.5, 0.6) is 0 Å². The summed E-state index contributed by atoms with van der Waals surface area (Å²) in [6.45, 7) is 2.15. The molecule has 0 spiro atoms. The number of ketones is 1. The van der Waals surface area contributed by atoms with Crippen molar-refractivity contribution in [1.29, 1.82) is 0 Å². The van der Waals surface area contributed by atoms with E-state index in [0.29, 0.717) is 4.34 Å². The van der Waals surface area contributed by atoms with Crippen LogP contribution < -0.4 is 0 Å². The van der Waals surface area contributed by atoms with Crippen LogP contribution >= 0.6 is 22.9 Å². The lowest BCUT2D eigenvalue weighted by atomic mass is 10.2. The molecule has 5 heteroatoms. The van der Waals surface area contributed by atoms with Gasteiger partial charge in [-0.05, 0) is 19.1 Å². The molecule has 2 heterocycles. The van der Waals surface area contributed by atoms with Gasteiger partial charge in [-0.25, -0.2) is 0 Å². The summed E-state index contributed by atoms with van der Waals surface area (Å²) in [6.07, 6.45) is 0.0451. The Morgan fingerprint density at radius 3 is 2.67 bits per heavy atom. The minimum absolute atomic E-state index is 0.00509. The first-order chi connectivity index (χ1) is 7.08. The highest BCUT2D eigenvalue weighted by atomic mass is 35.5. The van der Waals surface area contributed by atoms with Gasteiger partial charge in [0.15, 0.2) is 5.78 Å². The van der Waals surface area contributed by atoms with E-state index in [-0.39, 0.29) is 30.7 Å². The van der Waals surface area contributed by atoms with Gasteiger partial charge in [0.2, 0.25) is 5.91 Å². The van der Waals surface area contributed by atoms with E-state index in [0.717, 1.165) is 4.88 Å². The van der Waals surface area contributed by atoms with Crippen molar-refractivity contribution in [3.8, 4) is 0 Å². The topological polar surface area (TPSA) is 37.4 Å². The van der Waals surface area contributed by atoms with Crippen molar-refractivity contribution in [2.75, 3.05) is 6.54 Å². The molecule has 1 fully saturated rings. The maximum absolute atomic E-state index is 11.5. The third-order valence-electron chi connectivity index (χ3n) is 2.49. The van der Waals surface area contributed by atoms with Crippen molar-refractivity contribution in [2.45, 2.75) is 19.4 Å². The Labute approximate surface area is 96.6 Å². The predicted octanol–water partition coefficient (Wildman–Crippen LogP) is 2.26. The third kappa shape index (κ3) is 2.06. The Morgan fingerprint density at radius 1 is 1.47 bits per heavy atom. The number of rotatable bonds is 2. The SMILES string of the molecule is CC(c1ccc(Cl)s1)N1CC(=O)CC1=O. The summed E-state index contributed by atoms with van der Waals surface area (Å²) in [4.78, 5) is 25.2. The zero-order valence-corrected chi connectivity index (χ0v) is 9.77. The number of thiophene rings is 1. The van der Waals surface area contributed by atoms with Crippen molar-refractivity contribution in [2.24, 2.45) is 0 Å². The minimum atomic E-state index is -0.0861. The summed E-state index contributed by atoms with van der Waals surface area (Å²) in [5, 5.41) is 0. The largest absolute Gasteiger partial charge is 0.327 e. The predicted molar refractivity (Wildman–Crippen MR) is 59.1 cm³/mol. The lowest BCUT2D eigenvalue weighted by Gasteiger charge is -2.22. The molecule has 0 aromatic carbocycles. The highest BCUT2D eigenvalue weighted by Gasteiger charge is 2.31. The van der Waals surface area contributed by atoms with E-state index in [4.69, 9.17) is 11.6 Å². The first kappa shape index (κ1) is 10.6. The molecule has 0 radical (unpaired) electrons. The van der Waals surface area contributed by atoms with Crippen molar-refractivity contribution in [1.82, 2.24) is 4.90 Å². The summed E-state index contributed by atoms with van der Waals surface area (Å²) in [5.41, 5.74) is 0. The van der Waals surface area contributed by atoms with Gasteiger partial charge in [-0.2, -0.15) is 0 Å². The smallest absolute Gasteiger partial charge is 0.231 e. The Kier molecular flexibility index (Phi) is 2.80. The van der Waals surface area contributed by atoms with E-state index in [1.54, 1.807) is 11.0 Å². The molecule has 1 aliphatic heterocycles. The molecular formula is C10H10ClNO2S. The van der Waals surface area contributed by atoms with Gasteiger partial charge in [-0.1, -0.05) is 11.6 Å². The second-order valence-electron chi connectivity index (χ2n) is 3.55. The van der Waals surface area contributed by atoms with Gasteiger partial charge < -0.3 is 4.90 Å². The Morgan fingerprint density at radius 2 is 2.20 bits per heavy atom. The van der Waals surface area contributed by atoms with Gasteiger partial charge in [-0.3, -0.25) is 9.59 Å². The number of hydrogen-bond acceptors (Lipinski definition) is 3. The highest BCUT2D eigenvalue weighted by Crippen LogP contribution is 2.31. The van der Waals surface area contributed by atoms with Crippen LogP contribution in [0.2, 0.25) is 4.34 Å². The van der Waals surface area contributed by atoms with Crippen LogP contribution in [0.25, 0.3) is 0 Å².